The first-order valence-corrected chi connectivity index (χ1v) is 10.0. The van der Waals surface area contributed by atoms with Crippen LogP contribution in [0.3, 0.4) is 0 Å². The van der Waals surface area contributed by atoms with Crippen molar-refractivity contribution < 1.29 is 32.9 Å². The number of hydrogen-bond acceptors (Lipinski definition) is 8. The van der Waals surface area contributed by atoms with E-state index in [1.165, 1.54) is 12.1 Å². The van der Waals surface area contributed by atoms with Crippen LogP contribution in [0.15, 0.2) is 51.7 Å². The van der Waals surface area contributed by atoms with E-state index in [0.717, 1.165) is 0 Å². The lowest BCUT2D eigenvalue weighted by Gasteiger charge is -2.15. The molecule has 1 aromatic heterocycles. The van der Waals surface area contributed by atoms with Crippen LogP contribution in [0.4, 0.5) is 0 Å². The van der Waals surface area contributed by atoms with Gasteiger partial charge in [-0.25, -0.2) is 0 Å². The molecular weight excluding hydrogens is 399 g/mol. The van der Waals surface area contributed by atoms with Gasteiger partial charge < -0.3 is 28.4 Å². The molecule has 0 fully saturated rings. The van der Waals surface area contributed by atoms with E-state index in [0.29, 0.717) is 18.8 Å². The summed E-state index contributed by atoms with van der Waals surface area (Å²) >= 11 is 0. The number of hydrogen-bond donors (Lipinski definition) is 2. The van der Waals surface area contributed by atoms with Gasteiger partial charge in [0.2, 0.25) is 11.2 Å². The van der Waals surface area contributed by atoms with Gasteiger partial charge in [0.15, 0.2) is 12.6 Å². The predicted octanol–water partition coefficient (Wildman–Crippen LogP) is 4.52. The van der Waals surface area contributed by atoms with E-state index < -0.39 is 19.8 Å². The maximum Gasteiger partial charge on any atom is 0.335 e. The Balaban J connectivity index is 1.89. The van der Waals surface area contributed by atoms with Gasteiger partial charge in [-0.1, -0.05) is 30.3 Å². The van der Waals surface area contributed by atoms with Crippen molar-refractivity contribution in [3.63, 3.8) is 0 Å². The van der Waals surface area contributed by atoms with Crippen LogP contribution >= 0.6 is 8.60 Å². The highest BCUT2D eigenvalue weighted by molar-refractivity contribution is 7.41. The van der Waals surface area contributed by atoms with Crippen molar-refractivity contribution in [3.05, 3.63) is 52.7 Å². The zero-order valence-corrected chi connectivity index (χ0v) is 16.8. The Hall–Kier alpha value is -2.64. The first-order chi connectivity index (χ1) is 14.0. The fourth-order valence-electron chi connectivity index (χ4n) is 2.59. The molecule has 2 aromatic carbocycles. The Morgan fingerprint density at radius 2 is 1.69 bits per heavy atom. The second-order valence-corrected chi connectivity index (χ2v) is 6.96. The van der Waals surface area contributed by atoms with Gasteiger partial charge in [-0.15, -0.1) is 0 Å². The van der Waals surface area contributed by atoms with Crippen LogP contribution < -0.4 is 10.2 Å². The van der Waals surface area contributed by atoms with Crippen molar-refractivity contribution in [3.8, 4) is 28.6 Å². The van der Waals surface area contributed by atoms with Crippen LogP contribution in [0, 0.1) is 0 Å². The summed E-state index contributed by atoms with van der Waals surface area (Å²) in [6.07, 6.45) is 0. The summed E-state index contributed by atoms with van der Waals surface area (Å²) < 4.78 is 27.2. The summed E-state index contributed by atoms with van der Waals surface area (Å²) in [6.45, 7) is 4.31. The maximum absolute atomic E-state index is 12.5. The molecule has 154 valence electrons. The minimum atomic E-state index is -1.54. The molecule has 0 amide bonds. The summed E-state index contributed by atoms with van der Waals surface area (Å²) in [5.41, 5.74) is -0.141. The van der Waals surface area contributed by atoms with Gasteiger partial charge in [0.25, 0.3) is 0 Å². The molecule has 0 radical (unpaired) electrons. The van der Waals surface area contributed by atoms with Gasteiger partial charge in [0.05, 0.1) is 13.2 Å². The Morgan fingerprint density at radius 3 is 2.34 bits per heavy atom. The zero-order valence-electron chi connectivity index (χ0n) is 16.0. The van der Waals surface area contributed by atoms with Crippen molar-refractivity contribution in [1.29, 1.82) is 0 Å². The van der Waals surface area contributed by atoms with Crippen molar-refractivity contribution in [2.24, 2.45) is 0 Å². The molecule has 3 rings (SSSR count). The third-order valence-electron chi connectivity index (χ3n) is 3.81. The van der Waals surface area contributed by atoms with Gasteiger partial charge in [-0.05, 0) is 13.8 Å². The molecule has 1 heterocycles. The monoisotopic (exact) mass is 420 g/mol. The Bertz CT molecular complexity index is 1010. The molecule has 9 heteroatoms. The van der Waals surface area contributed by atoms with E-state index in [1.807, 2.05) is 13.8 Å². The van der Waals surface area contributed by atoms with Crippen LogP contribution in [0.1, 0.15) is 13.8 Å². The quantitative estimate of drug-likeness (QED) is 0.384. The molecule has 29 heavy (non-hydrogen) atoms. The van der Waals surface area contributed by atoms with E-state index >= 15 is 0 Å². The van der Waals surface area contributed by atoms with Gasteiger partial charge in [-0.2, -0.15) is 0 Å². The SMILES string of the molecule is CCOP(OCC)OCOc1cc(O)c2c(=O)c(O)c(-c3ccccc3)oc2c1. The highest BCUT2D eigenvalue weighted by Crippen LogP contribution is 2.40. The first-order valence-electron chi connectivity index (χ1n) is 8.95. The molecule has 0 atom stereocenters. The molecule has 0 aliphatic rings. The van der Waals surface area contributed by atoms with Crippen LogP contribution in [0.5, 0.6) is 17.2 Å². The number of ether oxygens (including phenoxy) is 1. The molecule has 0 aliphatic carbocycles. The number of aromatic hydroxyl groups is 2. The van der Waals surface area contributed by atoms with E-state index in [4.69, 9.17) is 22.7 Å². The molecular formula is C20H21O8P. The van der Waals surface area contributed by atoms with Crippen molar-refractivity contribution in [2.75, 3.05) is 20.0 Å². The summed E-state index contributed by atoms with van der Waals surface area (Å²) in [5, 5.41) is 20.4. The molecule has 2 N–H and O–H groups in total. The lowest BCUT2D eigenvalue weighted by atomic mass is 10.1. The Labute approximate surface area is 168 Å². The van der Waals surface area contributed by atoms with Gasteiger partial charge in [0, 0.05) is 17.7 Å². The minimum Gasteiger partial charge on any atom is -0.507 e. The predicted molar refractivity (Wildman–Crippen MR) is 108 cm³/mol. The van der Waals surface area contributed by atoms with Crippen LogP contribution in [0.25, 0.3) is 22.3 Å². The molecule has 0 bridgehead atoms. The third-order valence-corrected chi connectivity index (χ3v) is 5.07. The van der Waals surface area contributed by atoms with Crippen LogP contribution in [-0.2, 0) is 13.6 Å². The lowest BCUT2D eigenvalue weighted by molar-refractivity contribution is 0.0811. The van der Waals surface area contributed by atoms with Crippen molar-refractivity contribution in [2.45, 2.75) is 13.8 Å². The minimum absolute atomic E-state index is 0.00659. The van der Waals surface area contributed by atoms with E-state index in [9.17, 15) is 15.0 Å². The summed E-state index contributed by atoms with van der Waals surface area (Å²) in [6, 6.07) is 11.4. The standard InChI is InChI=1S/C20H21O8P/c1-3-25-29(26-4-2)27-12-24-14-10-15(21)17-16(11-14)28-20(19(23)18(17)22)13-8-6-5-7-9-13/h5-11,21,23H,3-4,12H2,1-2H3. The van der Waals surface area contributed by atoms with Gasteiger partial charge >= 0.3 is 8.60 Å². The fraction of sp³-hybridized carbons (Fsp3) is 0.250. The second kappa shape index (κ2) is 9.71. The largest absolute Gasteiger partial charge is 0.507 e. The van der Waals surface area contributed by atoms with Gasteiger partial charge in [0.1, 0.15) is 22.5 Å². The lowest BCUT2D eigenvalue weighted by Crippen LogP contribution is -2.05. The first kappa shape index (κ1) is 21.1. The molecule has 3 aromatic rings. The smallest absolute Gasteiger partial charge is 0.335 e. The number of benzene rings is 2. The van der Waals surface area contributed by atoms with Gasteiger partial charge in [-0.3, -0.25) is 9.32 Å². The molecule has 0 aliphatic heterocycles. The number of fused-ring (bicyclic) bond motifs is 1. The second-order valence-electron chi connectivity index (χ2n) is 5.74. The molecule has 0 unspecified atom stereocenters. The normalized spacial score (nSPS) is 11.3. The third kappa shape index (κ3) is 4.86. The summed E-state index contributed by atoms with van der Waals surface area (Å²) in [4.78, 5) is 12.5. The zero-order chi connectivity index (χ0) is 20.8. The number of rotatable bonds is 9. The van der Waals surface area contributed by atoms with E-state index in [1.54, 1.807) is 30.3 Å². The topological polar surface area (TPSA) is 108 Å². The molecule has 0 spiro atoms. The van der Waals surface area contributed by atoms with Crippen molar-refractivity contribution >= 4 is 19.6 Å². The summed E-state index contributed by atoms with van der Waals surface area (Å²) in [7, 11) is -1.54. The Kier molecular flexibility index (Phi) is 7.06. The maximum atomic E-state index is 12.5. The number of phenols is 1. The Morgan fingerprint density at radius 1 is 1.00 bits per heavy atom. The fourth-order valence-corrected chi connectivity index (χ4v) is 3.38. The van der Waals surface area contributed by atoms with Crippen LogP contribution in [0.2, 0.25) is 0 Å². The number of phenolic OH excluding ortho intramolecular Hbond substituents is 1. The van der Waals surface area contributed by atoms with E-state index in [2.05, 4.69) is 0 Å². The van der Waals surface area contributed by atoms with E-state index in [-0.39, 0.29) is 35.0 Å². The highest BCUT2D eigenvalue weighted by Gasteiger charge is 2.19. The average molecular weight is 420 g/mol. The summed E-state index contributed by atoms with van der Waals surface area (Å²) in [5.74, 6) is -0.731. The van der Waals surface area contributed by atoms with Crippen molar-refractivity contribution in [1.82, 2.24) is 0 Å². The molecule has 0 saturated heterocycles. The van der Waals surface area contributed by atoms with Crippen LogP contribution in [-0.4, -0.2) is 30.2 Å². The highest BCUT2D eigenvalue weighted by atomic mass is 31.2. The average Bonchev–Trinajstić information content (AvgIpc) is 2.71. The molecule has 0 saturated carbocycles. The molecule has 8 nitrogen and oxygen atoms in total.